The van der Waals surface area contributed by atoms with E-state index in [2.05, 4.69) is 15.2 Å². The van der Waals surface area contributed by atoms with E-state index in [1.807, 2.05) is 23.2 Å². The third-order valence-electron chi connectivity index (χ3n) is 3.87. The lowest BCUT2D eigenvalue weighted by atomic mass is 10.2. The number of ether oxygens (including phenoxy) is 2. The number of aromatic nitrogens is 1. The molecule has 23 heavy (non-hydrogen) atoms. The first-order chi connectivity index (χ1) is 11.2. The minimum atomic E-state index is 0.0202. The zero-order valence-electron chi connectivity index (χ0n) is 14.0. The first kappa shape index (κ1) is 17.5. The van der Waals surface area contributed by atoms with Crippen molar-refractivity contribution in [3.05, 3.63) is 23.9 Å². The Kier molecular flexibility index (Phi) is 7.09. The minimum absolute atomic E-state index is 0.0202. The Hall–Kier alpha value is -1.86. The second-order valence-electron chi connectivity index (χ2n) is 5.55. The monoisotopic (exact) mass is 322 g/mol. The number of hydrogen-bond acceptors (Lipinski definition) is 5. The molecule has 0 atom stereocenters. The van der Waals surface area contributed by atoms with Crippen molar-refractivity contribution in [3.8, 4) is 5.88 Å². The molecule has 2 rings (SSSR count). The Labute approximate surface area is 137 Å². The van der Waals surface area contributed by atoms with Crippen molar-refractivity contribution in [1.29, 1.82) is 0 Å². The van der Waals surface area contributed by atoms with Crippen LogP contribution in [0.1, 0.15) is 12.0 Å². The van der Waals surface area contributed by atoms with Crippen molar-refractivity contribution in [1.82, 2.24) is 20.1 Å². The van der Waals surface area contributed by atoms with E-state index in [9.17, 15) is 4.79 Å². The highest BCUT2D eigenvalue weighted by molar-refractivity contribution is 5.74. The van der Waals surface area contributed by atoms with E-state index in [4.69, 9.17) is 9.47 Å². The summed E-state index contributed by atoms with van der Waals surface area (Å²) in [7, 11) is 3.28. The molecule has 1 aliphatic rings. The van der Waals surface area contributed by atoms with Crippen molar-refractivity contribution in [2.24, 2.45) is 0 Å². The fraction of sp³-hybridized carbons (Fsp3) is 0.625. The van der Waals surface area contributed by atoms with Gasteiger partial charge in [-0.15, -0.1) is 0 Å². The summed E-state index contributed by atoms with van der Waals surface area (Å²) in [5.41, 5.74) is 1.16. The summed E-state index contributed by atoms with van der Waals surface area (Å²) < 4.78 is 10.0. The van der Waals surface area contributed by atoms with Crippen LogP contribution in [0.3, 0.4) is 0 Å². The van der Waals surface area contributed by atoms with Gasteiger partial charge in [-0.3, -0.25) is 4.90 Å². The normalized spacial score (nSPS) is 15.5. The largest absolute Gasteiger partial charge is 0.481 e. The zero-order valence-corrected chi connectivity index (χ0v) is 14.0. The lowest BCUT2D eigenvalue weighted by Crippen LogP contribution is -2.51. The van der Waals surface area contributed by atoms with E-state index in [0.29, 0.717) is 19.0 Å². The van der Waals surface area contributed by atoms with Crippen LogP contribution >= 0.6 is 0 Å². The fourth-order valence-electron chi connectivity index (χ4n) is 2.52. The lowest BCUT2D eigenvalue weighted by Gasteiger charge is -2.34. The molecule has 0 aromatic carbocycles. The maximum Gasteiger partial charge on any atom is 0.317 e. The third-order valence-corrected chi connectivity index (χ3v) is 3.87. The van der Waals surface area contributed by atoms with Gasteiger partial charge in [0.1, 0.15) is 0 Å². The third kappa shape index (κ3) is 5.69. The molecule has 7 nitrogen and oxygen atoms in total. The van der Waals surface area contributed by atoms with Gasteiger partial charge in [-0.25, -0.2) is 9.78 Å². The van der Waals surface area contributed by atoms with Crippen molar-refractivity contribution in [2.45, 2.75) is 13.0 Å². The van der Waals surface area contributed by atoms with Gasteiger partial charge in [0.05, 0.1) is 7.11 Å². The predicted molar refractivity (Wildman–Crippen MR) is 87.5 cm³/mol. The second kappa shape index (κ2) is 9.32. The number of urea groups is 1. The number of nitrogens with zero attached hydrogens (tertiary/aromatic N) is 3. The molecular formula is C16H26N4O3. The van der Waals surface area contributed by atoms with Gasteiger partial charge in [-0.2, -0.15) is 0 Å². The van der Waals surface area contributed by atoms with E-state index in [1.165, 1.54) is 0 Å². The molecule has 0 aliphatic carbocycles. The molecule has 2 heterocycles. The number of carbonyl (C=O) groups excluding carboxylic acids is 1. The standard InChI is InChI=1S/C16H26N4O3/c1-22-11-3-6-17-16(21)20-9-7-19(8-10-20)13-14-4-5-15(23-2)18-12-14/h4-5,12H,3,6-11,13H2,1-2H3,(H,17,21). The van der Waals surface area contributed by atoms with Crippen molar-refractivity contribution >= 4 is 6.03 Å². The molecule has 0 spiro atoms. The van der Waals surface area contributed by atoms with Crippen molar-refractivity contribution < 1.29 is 14.3 Å². The molecule has 1 aliphatic heterocycles. The Balaban J connectivity index is 1.69. The molecule has 1 fully saturated rings. The van der Waals surface area contributed by atoms with Crippen LogP contribution in [0.2, 0.25) is 0 Å². The van der Waals surface area contributed by atoms with E-state index >= 15 is 0 Å². The van der Waals surface area contributed by atoms with Gasteiger partial charge >= 0.3 is 6.03 Å². The summed E-state index contributed by atoms with van der Waals surface area (Å²) in [6.07, 6.45) is 2.68. The number of piperazine rings is 1. The van der Waals surface area contributed by atoms with E-state index in [0.717, 1.165) is 44.7 Å². The summed E-state index contributed by atoms with van der Waals surface area (Å²) in [5.74, 6) is 0.628. The summed E-state index contributed by atoms with van der Waals surface area (Å²) in [4.78, 5) is 20.5. The Morgan fingerprint density at radius 1 is 1.26 bits per heavy atom. The van der Waals surface area contributed by atoms with Crippen LogP contribution in [0, 0.1) is 0 Å². The number of hydrogen-bond donors (Lipinski definition) is 1. The number of carbonyl (C=O) groups is 1. The highest BCUT2D eigenvalue weighted by Gasteiger charge is 2.20. The average Bonchev–Trinajstić information content (AvgIpc) is 2.60. The summed E-state index contributed by atoms with van der Waals surface area (Å²) >= 11 is 0. The summed E-state index contributed by atoms with van der Waals surface area (Å²) in [6.45, 7) is 5.42. The highest BCUT2D eigenvalue weighted by Crippen LogP contribution is 2.11. The quantitative estimate of drug-likeness (QED) is 0.757. The molecule has 1 N–H and O–H groups in total. The van der Waals surface area contributed by atoms with Crippen LogP contribution in [0.25, 0.3) is 0 Å². The van der Waals surface area contributed by atoms with Gasteiger partial charge in [0.15, 0.2) is 0 Å². The second-order valence-corrected chi connectivity index (χ2v) is 5.55. The molecule has 0 unspecified atom stereocenters. The van der Waals surface area contributed by atoms with Crippen LogP contribution in [0.5, 0.6) is 5.88 Å². The number of amides is 2. The molecule has 0 radical (unpaired) electrons. The van der Waals surface area contributed by atoms with Crippen LogP contribution < -0.4 is 10.1 Å². The maximum atomic E-state index is 12.0. The van der Waals surface area contributed by atoms with Gasteiger partial charge < -0.3 is 19.7 Å². The smallest absolute Gasteiger partial charge is 0.317 e. The Morgan fingerprint density at radius 3 is 2.65 bits per heavy atom. The van der Waals surface area contributed by atoms with Crippen LogP contribution in [-0.4, -0.2) is 74.4 Å². The van der Waals surface area contributed by atoms with E-state index in [-0.39, 0.29) is 6.03 Å². The average molecular weight is 322 g/mol. The number of nitrogens with one attached hydrogen (secondary N) is 1. The molecule has 7 heteroatoms. The molecule has 128 valence electrons. The molecule has 0 saturated carbocycles. The molecule has 1 aromatic rings. The molecular weight excluding hydrogens is 296 g/mol. The van der Waals surface area contributed by atoms with Crippen LogP contribution in [0.4, 0.5) is 4.79 Å². The van der Waals surface area contributed by atoms with Gasteiger partial charge in [0, 0.05) is 65.2 Å². The van der Waals surface area contributed by atoms with Gasteiger partial charge in [-0.1, -0.05) is 6.07 Å². The first-order valence-electron chi connectivity index (χ1n) is 7.96. The number of rotatable bonds is 7. The lowest BCUT2D eigenvalue weighted by molar-refractivity contribution is 0.134. The van der Waals surface area contributed by atoms with Crippen molar-refractivity contribution in [3.63, 3.8) is 0 Å². The van der Waals surface area contributed by atoms with E-state index < -0.39 is 0 Å². The van der Waals surface area contributed by atoms with Crippen molar-refractivity contribution in [2.75, 3.05) is 53.6 Å². The number of pyridine rings is 1. The molecule has 1 saturated heterocycles. The molecule has 0 bridgehead atoms. The Morgan fingerprint density at radius 2 is 2.04 bits per heavy atom. The molecule has 2 amide bonds. The predicted octanol–water partition coefficient (Wildman–Crippen LogP) is 0.954. The summed E-state index contributed by atoms with van der Waals surface area (Å²) in [5, 5.41) is 2.93. The topological polar surface area (TPSA) is 66.9 Å². The minimum Gasteiger partial charge on any atom is -0.481 e. The Bertz CT molecular complexity index is 473. The van der Waals surface area contributed by atoms with Gasteiger partial charge in [0.25, 0.3) is 0 Å². The zero-order chi connectivity index (χ0) is 16.5. The maximum absolute atomic E-state index is 12.0. The molecule has 1 aromatic heterocycles. The highest BCUT2D eigenvalue weighted by atomic mass is 16.5. The van der Waals surface area contributed by atoms with E-state index in [1.54, 1.807) is 14.2 Å². The van der Waals surface area contributed by atoms with Gasteiger partial charge in [-0.05, 0) is 12.0 Å². The SMILES string of the molecule is COCCCNC(=O)N1CCN(Cc2ccc(OC)nc2)CC1. The van der Waals surface area contributed by atoms with Crippen LogP contribution in [0.15, 0.2) is 18.3 Å². The number of methoxy groups -OCH3 is 2. The fourth-order valence-corrected chi connectivity index (χ4v) is 2.52. The summed E-state index contributed by atoms with van der Waals surface area (Å²) in [6, 6.07) is 3.92. The van der Waals surface area contributed by atoms with Gasteiger partial charge in [0.2, 0.25) is 5.88 Å². The van der Waals surface area contributed by atoms with Crippen LogP contribution in [-0.2, 0) is 11.3 Å². The first-order valence-corrected chi connectivity index (χ1v) is 7.96.